The molecule has 0 bridgehead atoms. The molecule has 1 aromatic heterocycles. The maximum atomic E-state index is 14.0. The van der Waals surface area contributed by atoms with Crippen LogP contribution in [0.1, 0.15) is 45.6 Å². The van der Waals surface area contributed by atoms with Crippen molar-refractivity contribution in [3.8, 4) is 5.75 Å². The molecule has 172 valence electrons. The largest absolute Gasteiger partial charge is 0.497 e. The zero-order chi connectivity index (χ0) is 23.2. The molecule has 0 radical (unpaired) electrons. The van der Waals surface area contributed by atoms with Crippen LogP contribution < -0.4 is 10.1 Å². The first-order valence-electron chi connectivity index (χ1n) is 10.8. The quantitative estimate of drug-likeness (QED) is 0.618. The van der Waals surface area contributed by atoms with E-state index in [1.54, 1.807) is 29.2 Å². The Bertz CT molecular complexity index is 1170. The lowest BCUT2D eigenvalue weighted by Crippen LogP contribution is -2.38. The van der Waals surface area contributed by atoms with Gasteiger partial charge in [0.1, 0.15) is 17.1 Å². The van der Waals surface area contributed by atoms with Crippen molar-refractivity contribution in [3.63, 3.8) is 0 Å². The summed E-state index contributed by atoms with van der Waals surface area (Å²) in [5.74, 6) is 0.399. The number of benzene rings is 2. The first-order valence-corrected chi connectivity index (χ1v) is 10.8. The zero-order valence-corrected chi connectivity index (χ0v) is 18.0. The van der Waals surface area contributed by atoms with Crippen molar-refractivity contribution in [2.75, 3.05) is 19.0 Å². The molecule has 0 aliphatic carbocycles. The lowest BCUT2D eigenvalue weighted by molar-refractivity contribution is -0.173. The molecule has 0 spiro atoms. The van der Waals surface area contributed by atoms with E-state index in [-0.39, 0.29) is 23.7 Å². The number of aromatic nitrogens is 2. The highest BCUT2D eigenvalue weighted by atomic mass is 19.4. The SMILES string of the molecule is COc1ccc([C@@H]2C[C@H](C(F)(F)F)n3ncc(C(=O)N4CCc5ccccc5C4)c3N2)cc1. The molecule has 1 N–H and O–H groups in total. The van der Waals surface area contributed by atoms with E-state index in [0.717, 1.165) is 10.2 Å². The molecule has 6 nitrogen and oxygen atoms in total. The molecule has 0 unspecified atom stereocenters. The number of halogens is 3. The molecular weight excluding hydrogens is 433 g/mol. The Morgan fingerprint density at radius 3 is 2.55 bits per heavy atom. The van der Waals surface area contributed by atoms with Crippen LogP contribution in [0, 0.1) is 0 Å². The average molecular weight is 456 g/mol. The summed E-state index contributed by atoms with van der Waals surface area (Å²) < 4.78 is 47.9. The van der Waals surface area contributed by atoms with Gasteiger partial charge in [-0.2, -0.15) is 18.3 Å². The third kappa shape index (κ3) is 3.92. The van der Waals surface area contributed by atoms with Gasteiger partial charge in [0.2, 0.25) is 0 Å². The van der Waals surface area contributed by atoms with Crippen LogP contribution in [0.5, 0.6) is 5.75 Å². The number of rotatable bonds is 3. The van der Waals surface area contributed by atoms with Gasteiger partial charge in [0.05, 0.1) is 19.3 Å². The number of carbonyl (C=O) groups is 1. The van der Waals surface area contributed by atoms with Gasteiger partial charge in [-0.15, -0.1) is 0 Å². The molecule has 33 heavy (non-hydrogen) atoms. The summed E-state index contributed by atoms with van der Waals surface area (Å²) in [5, 5.41) is 7.14. The van der Waals surface area contributed by atoms with Gasteiger partial charge in [-0.3, -0.25) is 4.79 Å². The van der Waals surface area contributed by atoms with Crippen molar-refractivity contribution in [1.29, 1.82) is 0 Å². The third-order valence-electron chi connectivity index (χ3n) is 6.40. The number of hydrogen-bond donors (Lipinski definition) is 1. The van der Waals surface area contributed by atoms with E-state index >= 15 is 0 Å². The van der Waals surface area contributed by atoms with Crippen molar-refractivity contribution < 1.29 is 22.7 Å². The summed E-state index contributed by atoms with van der Waals surface area (Å²) in [6.45, 7) is 0.926. The number of methoxy groups -OCH3 is 1. The Labute approximate surface area is 189 Å². The first-order chi connectivity index (χ1) is 15.8. The van der Waals surface area contributed by atoms with Crippen LogP contribution >= 0.6 is 0 Å². The Morgan fingerprint density at radius 2 is 1.85 bits per heavy atom. The van der Waals surface area contributed by atoms with Gasteiger partial charge < -0.3 is 15.0 Å². The number of hydrogen-bond acceptors (Lipinski definition) is 4. The van der Waals surface area contributed by atoms with Gasteiger partial charge in [0, 0.05) is 19.5 Å². The second-order valence-electron chi connectivity index (χ2n) is 8.36. The van der Waals surface area contributed by atoms with E-state index in [2.05, 4.69) is 10.4 Å². The van der Waals surface area contributed by atoms with E-state index in [0.29, 0.717) is 30.8 Å². The number of alkyl halides is 3. The van der Waals surface area contributed by atoms with Gasteiger partial charge in [-0.1, -0.05) is 36.4 Å². The van der Waals surface area contributed by atoms with Gasteiger partial charge in [0.15, 0.2) is 6.04 Å². The number of nitrogens with one attached hydrogen (secondary N) is 1. The molecular formula is C24H23F3N4O2. The van der Waals surface area contributed by atoms with Crippen LogP contribution in [0.2, 0.25) is 0 Å². The lowest BCUT2D eigenvalue weighted by Gasteiger charge is -2.34. The van der Waals surface area contributed by atoms with E-state index < -0.39 is 18.3 Å². The zero-order valence-electron chi connectivity index (χ0n) is 18.0. The van der Waals surface area contributed by atoms with E-state index in [9.17, 15) is 18.0 Å². The fourth-order valence-corrected chi connectivity index (χ4v) is 4.61. The van der Waals surface area contributed by atoms with Crippen molar-refractivity contribution in [2.24, 2.45) is 0 Å². The molecule has 9 heteroatoms. The second kappa shape index (κ2) is 8.13. The summed E-state index contributed by atoms with van der Waals surface area (Å²) in [4.78, 5) is 15.0. The molecule has 5 rings (SSSR count). The maximum Gasteiger partial charge on any atom is 0.410 e. The molecule has 2 atom stereocenters. The average Bonchev–Trinajstić information content (AvgIpc) is 3.26. The van der Waals surface area contributed by atoms with Crippen LogP contribution in [0.25, 0.3) is 0 Å². The van der Waals surface area contributed by atoms with E-state index in [4.69, 9.17) is 4.74 Å². The molecule has 3 aromatic rings. The molecule has 3 heterocycles. The number of amides is 1. The molecule has 2 aliphatic rings. The van der Waals surface area contributed by atoms with Crippen molar-refractivity contribution in [3.05, 3.63) is 77.0 Å². The molecule has 0 saturated carbocycles. The maximum absolute atomic E-state index is 14.0. The second-order valence-corrected chi connectivity index (χ2v) is 8.36. The summed E-state index contributed by atoms with van der Waals surface area (Å²) in [7, 11) is 1.53. The number of fused-ring (bicyclic) bond motifs is 2. The summed E-state index contributed by atoms with van der Waals surface area (Å²) in [5.41, 5.74) is 3.08. The van der Waals surface area contributed by atoms with Crippen molar-refractivity contribution >= 4 is 11.7 Å². The normalized spacial score (nSPS) is 19.9. The summed E-state index contributed by atoms with van der Waals surface area (Å²) in [6, 6.07) is 12.3. The number of carbonyl (C=O) groups excluding carboxylic acids is 1. The highest BCUT2D eigenvalue weighted by molar-refractivity contribution is 5.99. The molecule has 0 saturated heterocycles. The summed E-state index contributed by atoms with van der Waals surface area (Å²) >= 11 is 0. The fraction of sp³-hybridized carbons (Fsp3) is 0.333. The van der Waals surface area contributed by atoms with Crippen LogP contribution in [0.3, 0.4) is 0 Å². The monoisotopic (exact) mass is 456 g/mol. The van der Waals surface area contributed by atoms with Gasteiger partial charge in [-0.05, 0) is 35.2 Å². The minimum atomic E-state index is -4.50. The Morgan fingerprint density at radius 1 is 1.12 bits per heavy atom. The molecule has 2 aromatic carbocycles. The lowest BCUT2D eigenvalue weighted by atomic mass is 9.96. The van der Waals surface area contributed by atoms with Gasteiger partial charge in [-0.25, -0.2) is 4.68 Å². The molecule has 1 amide bonds. The van der Waals surface area contributed by atoms with Gasteiger partial charge >= 0.3 is 6.18 Å². The summed E-state index contributed by atoms with van der Waals surface area (Å²) in [6.07, 6.45) is -2.77. The topological polar surface area (TPSA) is 59.4 Å². The Balaban J connectivity index is 1.47. The molecule has 0 fully saturated rings. The number of nitrogens with zero attached hydrogens (tertiary/aromatic N) is 3. The standard InChI is InChI=1S/C24H23F3N4O2/c1-33-18-8-6-16(7-9-18)20-12-21(24(25,26)27)31-22(29-20)19(13-28-31)23(32)30-11-10-15-4-2-3-5-17(15)14-30/h2-9,13,20-21,29H,10-12,14H2,1H3/t20-,21+/m0/s1. The number of anilines is 1. The highest BCUT2D eigenvalue weighted by Crippen LogP contribution is 2.44. The Kier molecular flexibility index (Phi) is 5.26. The predicted molar refractivity (Wildman–Crippen MR) is 116 cm³/mol. The van der Waals surface area contributed by atoms with Crippen LogP contribution in [0.4, 0.5) is 19.0 Å². The minimum Gasteiger partial charge on any atom is -0.497 e. The van der Waals surface area contributed by atoms with Crippen molar-refractivity contribution in [2.45, 2.75) is 37.6 Å². The van der Waals surface area contributed by atoms with Crippen molar-refractivity contribution in [1.82, 2.24) is 14.7 Å². The van der Waals surface area contributed by atoms with Crippen LogP contribution in [0.15, 0.2) is 54.7 Å². The highest BCUT2D eigenvalue weighted by Gasteiger charge is 2.47. The smallest absolute Gasteiger partial charge is 0.410 e. The third-order valence-corrected chi connectivity index (χ3v) is 6.40. The molecule has 2 aliphatic heterocycles. The van der Waals surface area contributed by atoms with Crippen LogP contribution in [-0.4, -0.2) is 40.4 Å². The number of ether oxygens (including phenoxy) is 1. The fourth-order valence-electron chi connectivity index (χ4n) is 4.61. The minimum absolute atomic E-state index is 0.105. The Hall–Kier alpha value is -3.49. The predicted octanol–water partition coefficient (Wildman–Crippen LogP) is 4.75. The van der Waals surface area contributed by atoms with Gasteiger partial charge in [0.25, 0.3) is 5.91 Å². The van der Waals surface area contributed by atoms with E-state index in [1.165, 1.54) is 18.9 Å². The first kappa shape index (κ1) is 21.4. The van der Waals surface area contributed by atoms with E-state index in [1.807, 2.05) is 24.3 Å². The van der Waals surface area contributed by atoms with Crippen LogP contribution in [-0.2, 0) is 13.0 Å².